The van der Waals surface area contributed by atoms with Crippen molar-refractivity contribution in [2.45, 2.75) is 70.5 Å². The molecule has 1 heterocycles. The first-order chi connectivity index (χ1) is 11.4. The number of alkyl carbamates (subject to hydrolysis) is 1. The summed E-state index contributed by atoms with van der Waals surface area (Å²) in [6.45, 7) is 11.2. The van der Waals surface area contributed by atoms with Gasteiger partial charge in [-0.15, -0.1) is 0 Å². The second kappa shape index (κ2) is 8.87. The van der Waals surface area contributed by atoms with Gasteiger partial charge in [0, 0.05) is 13.5 Å². The molecule has 8 heteroatoms. The van der Waals surface area contributed by atoms with E-state index >= 15 is 0 Å². The topological polar surface area (TPSA) is 84.9 Å². The van der Waals surface area contributed by atoms with E-state index in [0.29, 0.717) is 19.5 Å². The maximum Gasteiger partial charge on any atom is 0.408 e. The van der Waals surface area contributed by atoms with Gasteiger partial charge in [-0.1, -0.05) is 29.8 Å². The molecule has 0 saturated carbocycles. The number of halogens is 1. The van der Waals surface area contributed by atoms with Crippen LogP contribution in [0.15, 0.2) is 0 Å². The van der Waals surface area contributed by atoms with Gasteiger partial charge in [0.05, 0.1) is 11.4 Å². The van der Waals surface area contributed by atoms with E-state index in [9.17, 15) is 14.4 Å². The van der Waals surface area contributed by atoms with Crippen LogP contribution in [0.4, 0.5) is 4.79 Å². The summed E-state index contributed by atoms with van der Waals surface area (Å²) in [6.07, 6.45) is -0.350. The first-order valence-electron chi connectivity index (χ1n) is 8.50. The Morgan fingerprint density at radius 2 is 1.84 bits per heavy atom. The van der Waals surface area contributed by atoms with Crippen molar-refractivity contribution in [2.75, 3.05) is 13.1 Å². The van der Waals surface area contributed by atoms with E-state index in [1.807, 2.05) is 13.8 Å². The smallest absolute Gasteiger partial charge is 0.408 e. The highest BCUT2D eigenvalue weighted by atomic mass is 79.9. The van der Waals surface area contributed by atoms with Gasteiger partial charge in [0.1, 0.15) is 17.7 Å². The van der Waals surface area contributed by atoms with Gasteiger partial charge in [-0.2, -0.15) is 0 Å². The Morgan fingerprint density at radius 1 is 1.24 bits per heavy atom. The van der Waals surface area contributed by atoms with Gasteiger partial charge in [0.2, 0.25) is 5.91 Å². The van der Waals surface area contributed by atoms with Gasteiger partial charge < -0.3 is 19.7 Å². The first kappa shape index (κ1) is 21.7. The molecule has 2 unspecified atom stereocenters. The summed E-state index contributed by atoms with van der Waals surface area (Å²) >= 11 is 3.49. The molecule has 0 aromatic heterocycles. The largest absolute Gasteiger partial charge is 0.459 e. The zero-order valence-electron chi connectivity index (χ0n) is 15.8. The van der Waals surface area contributed by atoms with E-state index in [0.717, 1.165) is 0 Å². The van der Waals surface area contributed by atoms with Gasteiger partial charge in [-0.25, -0.2) is 4.79 Å². The highest BCUT2D eigenvalue weighted by molar-refractivity contribution is 9.09. The molecule has 1 fully saturated rings. The van der Waals surface area contributed by atoms with E-state index < -0.39 is 23.8 Å². The molecular weight excluding hydrogens is 392 g/mol. The molecule has 3 atom stereocenters. The van der Waals surface area contributed by atoms with Crippen molar-refractivity contribution in [1.29, 1.82) is 0 Å². The number of carbonyl (C=O) groups excluding carboxylic acids is 3. The van der Waals surface area contributed by atoms with Crippen LogP contribution < -0.4 is 5.32 Å². The number of esters is 1. The Balaban J connectivity index is 2.78. The van der Waals surface area contributed by atoms with Crippen LogP contribution in [0.2, 0.25) is 0 Å². The number of ether oxygens (including phenoxy) is 2. The minimum atomic E-state index is -0.695. The predicted molar refractivity (Wildman–Crippen MR) is 97.5 cm³/mol. The molecule has 0 aromatic rings. The van der Waals surface area contributed by atoms with Crippen molar-refractivity contribution in [3.63, 3.8) is 0 Å². The number of carbonyl (C=O) groups is 3. The Bertz CT molecular complexity index is 504. The fraction of sp³-hybridized carbons (Fsp3) is 0.824. The molecule has 0 bridgehead atoms. The molecule has 25 heavy (non-hydrogen) atoms. The lowest BCUT2D eigenvalue weighted by Crippen LogP contribution is -2.56. The highest BCUT2D eigenvalue weighted by Crippen LogP contribution is 2.22. The summed E-state index contributed by atoms with van der Waals surface area (Å²) in [7, 11) is 0. The zero-order valence-corrected chi connectivity index (χ0v) is 17.4. The van der Waals surface area contributed by atoms with Crippen molar-refractivity contribution in [2.24, 2.45) is 5.92 Å². The molecule has 1 N–H and O–H groups in total. The number of rotatable bonds is 4. The molecule has 1 rings (SSSR count). The van der Waals surface area contributed by atoms with Gasteiger partial charge in [-0.3, -0.25) is 9.59 Å². The number of nitrogens with zero attached hydrogens (tertiary/aromatic N) is 1. The van der Waals surface area contributed by atoms with Crippen LogP contribution in [-0.4, -0.2) is 58.5 Å². The summed E-state index contributed by atoms with van der Waals surface area (Å²) in [5, 5.41) is 2.67. The van der Waals surface area contributed by atoms with Crippen LogP contribution >= 0.6 is 15.9 Å². The molecular formula is C17H29BrN2O5. The fourth-order valence-electron chi connectivity index (χ4n) is 2.56. The van der Waals surface area contributed by atoms with Crippen molar-refractivity contribution in [3.8, 4) is 0 Å². The van der Waals surface area contributed by atoms with Crippen LogP contribution in [0.25, 0.3) is 0 Å². The van der Waals surface area contributed by atoms with Gasteiger partial charge in [0.15, 0.2) is 0 Å². The fourth-order valence-corrected chi connectivity index (χ4v) is 3.04. The van der Waals surface area contributed by atoms with E-state index in [4.69, 9.17) is 9.47 Å². The van der Waals surface area contributed by atoms with E-state index in [1.165, 1.54) is 6.92 Å². The molecule has 0 spiro atoms. The summed E-state index contributed by atoms with van der Waals surface area (Å²) in [5.41, 5.74) is -0.636. The highest BCUT2D eigenvalue weighted by Gasteiger charge is 2.36. The van der Waals surface area contributed by atoms with E-state index in [-0.39, 0.29) is 22.6 Å². The minimum absolute atomic E-state index is 0.0109. The standard InChI is InChI=1S/C17H29BrN2O5/c1-10(2)14(19-16(23)25-17(4,5)6)15(22)20-8-7-12(18)13(9-20)24-11(3)21/h10,12-14H,7-9H2,1-6H3,(H,19,23)/t12?,13?,14-/m0/s1. The molecule has 0 aromatic carbocycles. The number of amides is 2. The third kappa shape index (κ3) is 7.22. The van der Waals surface area contributed by atoms with Crippen molar-refractivity contribution < 1.29 is 23.9 Å². The second-order valence-electron chi connectivity index (χ2n) is 7.60. The SMILES string of the molecule is CC(=O)OC1CN(C(=O)[C@@H](NC(=O)OC(C)(C)C)C(C)C)CCC1Br. The molecule has 1 aliphatic heterocycles. The Labute approximate surface area is 157 Å². The monoisotopic (exact) mass is 420 g/mol. The number of hydrogen-bond acceptors (Lipinski definition) is 5. The Hall–Kier alpha value is -1.31. The zero-order chi connectivity index (χ0) is 19.4. The van der Waals surface area contributed by atoms with E-state index in [1.54, 1.807) is 25.7 Å². The second-order valence-corrected chi connectivity index (χ2v) is 8.78. The van der Waals surface area contributed by atoms with Crippen LogP contribution in [0.1, 0.15) is 48.0 Å². The van der Waals surface area contributed by atoms with Gasteiger partial charge >= 0.3 is 12.1 Å². The normalized spacial score (nSPS) is 22.3. The quantitative estimate of drug-likeness (QED) is 0.557. The molecule has 144 valence electrons. The maximum absolute atomic E-state index is 12.9. The molecule has 0 aliphatic carbocycles. The predicted octanol–water partition coefficient (Wildman–Crippen LogP) is 2.46. The molecule has 0 radical (unpaired) electrons. The van der Waals surface area contributed by atoms with Crippen molar-refractivity contribution in [3.05, 3.63) is 0 Å². The lowest BCUT2D eigenvalue weighted by Gasteiger charge is -2.38. The number of piperidine rings is 1. The average Bonchev–Trinajstić information content (AvgIpc) is 2.43. The van der Waals surface area contributed by atoms with Gasteiger partial charge in [-0.05, 0) is 33.1 Å². The van der Waals surface area contributed by atoms with Gasteiger partial charge in [0.25, 0.3) is 0 Å². The lowest BCUT2D eigenvalue weighted by atomic mass is 10.0. The van der Waals surface area contributed by atoms with Crippen molar-refractivity contribution in [1.82, 2.24) is 10.2 Å². The molecule has 2 amide bonds. The third-order valence-electron chi connectivity index (χ3n) is 3.71. The molecule has 1 aliphatic rings. The van der Waals surface area contributed by atoms with E-state index in [2.05, 4.69) is 21.2 Å². The summed E-state index contributed by atoms with van der Waals surface area (Å²) in [4.78, 5) is 37.8. The minimum Gasteiger partial charge on any atom is -0.459 e. The van der Waals surface area contributed by atoms with Crippen LogP contribution in [0.3, 0.4) is 0 Å². The number of alkyl halides is 1. The van der Waals surface area contributed by atoms with Crippen LogP contribution in [-0.2, 0) is 19.1 Å². The van der Waals surface area contributed by atoms with Crippen LogP contribution in [0, 0.1) is 5.92 Å². The number of likely N-dealkylation sites (tertiary alicyclic amines) is 1. The number of nitrogens with one attached hydrogen (secondary N) is 1. The Kier molecular flexibility index (Phi) is 7.71. The third-order valence-corrected chi connectivity index (χ3v) is 4.76. The number of hydrogen-bond donors (Lipinski definition) is 1. The summed E-state index contributed by atoms with van der Waals surface area (Å²) in [6, 6.07) is -0.695. The molecule has 7 nitrogen and oxygen atoms in total. The summed E-state index contributed by atoms with van der Waals surface area (Å²) in [5.74, 6) is -0.678. The van der Waals surface area contributed by atoms with Crippen molar-refractivity contribution >= 4 is 33.9 Å². The first-order valence-corrected chi connectivity index (χ1v) is 9.42. The lowest BCUT2D eigenvalue weighted by molar-refractivity contribution is -0.152. The Morgan fingerprint density at radius 3 is 2.32 bits per heavy atom. The average molecular weight is 421 g/mol. The maximum atomic E-state index is 12.9. The van der Waals surface area contributed by atoms with Crippen LogP contribution in [0.5, 0.6) is 0 Å². The molecule has 1 saturated heterocycles. The summed E-state index contributed by atoms with van der Waals surface area (Å²) < 4.78 is 10.5.